The monoisotopic (exact) mass is 440 g/mol. The van der Waals surface area contributed by atoms with Crippen LogP contribution in [0.5, 0.6) is 0 Å². The number of thiophene rings is 1. The number of carbonyl (C=O) groups excluding carboxylic acids is 1. The molecule has 0 saturated heterocycles. The number of fused-ring (bicyclic) bond motifs is 5. The summed E-state index contributed by atoms with van der Waals surface area (Å²) in [5, 5.41) is 6.30. The lowest BCUT2D eigenvalue weighted by atomic mass is 9.95. The second kappa shape index (κ2) is 7.35. The summed E-state index contributed by atoms with van der Waals surface area (Å²) in [5.74, 6) is -0.179. The van der Waals surface area contributed by atoms with Gasteiger partial charge in [0.15, 0.2) is 0 Å². The molecule has 0 saturated carbocycles. The molecule has 3 N–H and O–H groups in total. The van der Waals surface area contributed by atoms with E-state index >= 15 is 0 Å². The third kappa shape index (κ3) is 2.90. The molecule has 32 heavy (non-hydrogen) atoms. The zero-order valence-electron chi connectivity index (χ0n) is 17.9. The number of para-hydroxylation sites is 1. The minimum Gasteiger partial charge on any atom is -0.397 e. The summed E-state index contributed by atoms with van der Waals surface area (Å²) < 4.78 is 2.30. The molecule has 160 valence electrons. The molecule has 0 fully saturated rings. The molecule has 0 aliphatic heterocycles. The smallest absolute Gasteiger partial charge is 0.267 e. The van der Waals surface area contributed by atoms with Gasteiger partial charge in [-0.2, -0.15) is 0 Å². The first kappa shape index (κ1) is 19.3. The van der Waals surface area contributed by atoms with Crippen LogP contribution in [0.25, 0.3) is 32.0 Å². The van der Waals surface area contributed by atoms with Crippen LogP contribution in [-0.4, -0.2) is 15.5 Å². The molecule has 3 heterocycles. The number of rotatable bonds is 3. The second-order valence-corrected chi connectivity index (χ2v) is 9.45. The standard InChI is InChI=1S/C26H24N4OS/c1-2-30-21-10-6-4-8-17(21)18-14-16(11-12-22(18)30)28-25(31)24-23(27)19-13-15-7-3-5-9-20(15)29-26(19)32-24/h4,6,8,10-14H,2-3,5,7,9,27H2,1H3,(H,28,31). The van der Waals surface area contributed by atoms with Crippen LogP contribution in [-0.2, 0) is 19.4 Å². The summed E-state index contributed by atoms with van der Waals surface area (Å²) in [6, 6.07) is 16.6. The van der Waals surface area contributed by atoms with E-state index in [-0.39, 0.29) is 5.91 Å². The van der Waals surface area contributed by atoms with E-state index in [0.717, 1.165) is 46.4 Å². The predicted molar refractivity (Wildman–Crippen MR) is 134 cm³/mol. The van der Waals surface area contributed by atoms with Gasteiger partial charge in [0.05, 0.1) is 5.69 Å². The van der Waals surface area contributed by atoms with Gasteiger partial charge in [-0.25, -0.2) is 4.98 Å². The fourth-order valence-corrected chi connectivity index (χ4v) is 5.98. The minimum atomic E-state index is -0.179. The number of hydrogen-bond donors (Lipinski definition) is 2. The van der Waals surface area contributed by atoms with Crippen LogP contribution in [0.1, 0.15) is 40.7 Å². The third-order valence-corrected chi connectivity index (χ3v) is 7.67. The average Bonchev–Trinajstić information content (AvgIpc) is 3.31. The number of aromatic nitrogens is 2. The van der Waals surface area contributed by atoms with Crippen LogP contribution < -0.4 is 11.1 Å². The first-order valence-electron chi connectivity index (χ1n) is 11.2. The molecule has 1 amide bonds. The zero-order valence-corrected chi connectivity index (χ0v) is 18.8. The van der Waals surface area contributed by atoms with Gasteiger partial charge in [-0.3, -0.25) is 4.79 Å². The SMILES string of the molecule is CCn1c2ccccc2c2cc(NC(=O)c3sc4nc5c(cc4c3N)CCCC5)ccc21. The van der Waals surface area contributed by atoms with Gasteiger partial charge in [-0.05, 0) is 68.5 Å². The zero-order chi connectivity index (χ0) is 21.8. The Balaban J connectivity index is 1.38. The Morgan fingerprint density at radius 2 is 1.88 bits per heavy atom. The lowest BCUT2D eigenvalue weighted by molar-refractivity contribution is 0.103. The van der Waals surface area contributed by atoms with Crippen molar-refractivity contribution in [2.45, 2.75) is 39.2 Å². The van der Waals surface area contributed by atoms with E-state index in [2.05, 4.69) is 59.3 Å². The molecule has 0 spiro atoms. The summed E-state index contributed by atoms with van der Waals surface area (Å²) in [5.41, 5.74) is 12.5. The molecule has 6 rings (SSSR count). The molecule has 6 heteroatoms. The number of carbonyl (C=O) groups is 1. The highest BCUT2D eigenvalue weighted by Gasteiger charge is 2.21. The van der Waals surface area contributed by atoms with Crippen molar-refractivity contribution in [3.8, 4) is 0 Å². The Morgan fingerprint density at radius 3 is 2.75 bits per heavy atom. The van der Waals surface area contributed by atoms with Crippen LogP contribution in [0.15, 0.2) is 48.5 Å². The highest BCUT2D eigenvalue weighted by atomic mass is 32.1. The van der Waals surface area contributed by atoms with Gasteiger partial charge in [0, 0.05) is 45.1 Å². The van der Waals surface area contributed by atoms with E-state index in [1.807, 2.05) is 6.07 Å². The Labute approximate surface area is 189 Å². The Hall–Kier alpha value is -3.38. The number of anilines is 2. The van der Waals surface area contributed by atoms with Crippen LogP contribution in [0.2, 0.25) is 0 Å². The Kier molecular flexibility index (Phi) is 4.43. The summed E-state index contributed by atoms with van der Waals surface area (Å²) in [4.78, 5) is 19.4. The predicted octanol–water partition coefficient (Wildman–Crippen LogP) is 6.14. The maximum absolute atomic E-state index is 13.2. The largest absolute Gasteiger partial charge is 0.397 e. The van der Waals surface area contributed by atoms with Gasteiger partial charge in [0.2, 0.25) is 0 Å². The highest BCUT2D eigenvalue weighted by molar-refractivity contribution is 7.21. The number of aryl methyl sites for hydroxylation is 3. The molecule has 1 aliphatic carbocycles. The van der Waals surface area contributed by atoms with Crippen LogP contribution in [0.3, 0.4) is 0 Å². The fourth-order valence-electron chi connectivity index (χ4n) is 4.99. The van der Waals surface area contributed by atoms with E-state index in [1.54, 1.807) is 0 Å². The first-order valence-corrected chi connectivity index (χ1v) is 12.0. The number of nitrogens with one attached hydrogen (secondary N) is 1. The number of hydrogen-bond acceptors (Lipinski definition) is 4. The summed E-state index contributed by atoms with van der Waals surface area (Å²) in [6.07, 6.45) is 4.42. The molecule has 5 aromatic rings. The molecular formula is C26H24N4OS. The fraction of sp³-hybridized carbons (Fsp3) is 0.231. The van der Waals surface area contributed by atoms with Crippen molar-refractivity contribution in [3.63, 3.8) is 0 Å². The summed E-state index contributed by atoms with van der Waals surface area (Å²) in [7, 11) is 0. The van der Waals surface area contributed by atoms with Gasteiger partial charge in [-0.1, -0.05) is 18.2 Å². The topological polar surface area (TPSA) is 72.9 Å². The molecule has 3 aromatic heterocycles. The molecule has 1 aliphatic rings. The number of nitrogens with two attached hydrogens (primary N) is 1. The quantitative estimate of drug-likeness (QED) is 0.354. The molecule has 5 nitrogen and oxygen atoms in total. The van der Waals surface area contributed by atoms with Gasteiger partial charge in [0.1, 0.15) is 9.71 Å². The number of pyridine rings is 1. The second-order valence-electron chi connectivity index (χ2n) is 8.45. The van der Waals surface area contributed by atoms with Gasteiger partial charge in [0.25, 0.3) is 5.91 Å². The van der Waals surface area contributed by atoms with E-state index < -0.39 is 0 Å². The van der Waals surface area contributed by atoms with Crippen molar-refractivity contribution in [1.82, 2.24) is 9.55 Å². The van der Waals surface area contributed by atoms with Crippen molar-refractivity contribution >= 4 is 60.6 Å². The van der Waals surface area contributed by atoms with Crippen molar-refractivity contribution in [3.05, 3.63) is 64.7 Å². The molecule has 0 atom stereocenters. The number of nitrogen functional groups attached to an aromatic ring is 1. The lowest BCUT2D eigenvalue weighted by Gasteiger charge is -2.14. The molecule has 2 aromatic carbocycles. The van der Waals surface area contributed by atoms with Gasteiger partial charge < -0.3 is 15.6 Å². The molecule has 0 radical (unpaired) electrons. The van der Waals surface area contributed by atoms with Crippen LogP contribution >= 0.6 is 11.3 Å². The van der Waals surface area contributed by atoms with Crippen LogP contribution in [0, 0.1) is 0 Å². The molecule has 0 bridgehead atoms. The lowest BCUT2D eigenvalue weighted by Crippen LogP contribution is -2.11. The normalized spacial score (nSPS) is 13.7. The van der Waals surface area contributed by atoms with Crippen LogP contribution in [0.4, 0.5) is 11.4 Å². The highest BCUT2D eigenvalue weighted by Crippen LogP contribution is 2.36. The first-order chi connectivity index (χ1) is 15.6. The Morgan fingerprint density at radius 1 is 1.06 bits per heavy atom. The van der Waals surface area contributed by atoms with Crippen molar-refractivity contribution in [2.75, 3.05) is 11.1 Å². The maximum atomic E-state index is 13.2. The number of nitrogens with zero attached hydrogens (tertiary/aromatic N) is 2. The van der Waals surface area contributed by atoms with E-state index in [1.165, 1.54) is 46.2 Å². The third-order valence-electron chi connectivity index (χ3n) is 6.55. The van der Waals surface area contributed by atoms with Crippen molar-refractivity contribution < 1.29 is 4.79 Å². The molecular weight excluding hydrogens is 416 g/mol. The molecule has 0 unspecified atom stereocenters. The maximum Gasteiger partial charge on any atom is 0.267 e. The average molecular weight is 441 g/mol. The Bertz CT molecular complexity index is 1530. The summed E-state index contributed by atoms with van der Waals surface area (Å²) >= 11 is 1.39. The number of amides is 1. The van der Waals surface area contributed by atoms with E-state index in [9.17, 15) is 4.79 Å². The van der Waals surface area contributed by atoms with Gasteiger partial charge in [-0.15, -0.1) is 11.3 Å². The number of benzene rings is 2. The van der Waals surface area contributed by atoms with E-state index in [0.29, 0.717) is 10.6 Å². The van der Waals surface area contributed by atoms with Crippen molar-refractivity contribution in [2.24, 2.45) is 0 Å². The van der Waals surface area contributed by atoms with Crippen molar-refractivity contribution in [1.29, 1.82) is 0 Å². The summed E-state index contributed by atoms with van der Waals surface area (Å²) in [6.45, 7) is 3.04. The van der Waals surface area contributed by atoms with E-state index in [4.69, 9.17) is 10.7 Å². The van der Waals surface area contributed by atoms with Gasteiger partial charge >= 0.3 is 0 Å². The minimum absolute atomic E-state index is 0.179.